The molecule has 0 fully saturated rings. The summed E-state index contributed by atoms with van der Waals surface area (Å²) in [5.41, 5.74) is 1.87. The first-order valence-electron chi connectivity index (χ1n) is 8.20. The SMILES string of the molecule is CCCNCCNC(=O)CCc1nc(C)c(-c2ccccc2)o1. The van der Waals surface area contributed by atoms with Gasteiger partial charge >= 0.3 is 0 Å². The highest BCUT2D eigenvalue weighted by molar-refractivity contribution is 5.76. The number of nitrogens with one attached hydrogen (secondary N) is 2. The van der Waals surface area contributed by atoms with Crippen LogP contribution >= 0.6 is 0 Å². The van der Waals surface area contributed by atoms with E-state index in [9.17, 15) is 4.79 Å². The van der Waals surface area contributed by atoms with E-state index in [4.69, 9.17) is 4.42 Å². The molecule has 0 aliphatic carbocycles. The van der Waals surface area contributed by atoms with Crippen LogP contribution in [0.15, 0.2) is 34.7 Å². The Bertz CT molecular complexity index is 608. The molecular formula is C18H25N3O2. The number of aryl methyl sites for hydroxylation is 2. The molecule has 0 bridgehead atoms. The van der Waals surface area contributed by atoms with Crippen LogP contribution in [-0.2, 0) is 11.2 Å². The Kier molecular flexibility index (Phi) is 6.81. The first-order chi connectivity index (χ1) is 11.2. The number of carbonyl (C=O) groups excluding carboxylic acids is 1. The van der Waals surface area contributed by atoms with Crippen molar-refractivity contribution < 1.29 is 9.21 Å². The van der Waals surface area contributed by atoms with Crippen LogP contribution < -0.4 is 10.6 Å². The number of nitrogens with zero attached hydrogens (tertiary/aromatic N) is 1. The van der Waals surface area contributed by atoms with Gasteiger partial charge in [0.25, 0.3) is 0 Å². The van der Waals surface area contributed by atoms with Crippen molar-refractivity contribution in [2.75, 3.05) is 19.6 Å². The van der Waals surface area contributed by atoms with Crippen molar-refractivity contribution in [3.63, 3.8) is 0 Å². The minimum absolute atomic E-state index is 0.0282. The summed E-state index contributed by atoms with van der Waals surface area (Å²) in [6, 6.07) is 9.89. The molecular weight excluding hydrogens is 290 g/mol. The molecule has 0 aliphatic heterocycles. The van der Waals surface area contributed by atoms with Crippen LogP contribution in [-0.4, -0.2) is 30.5 Å². The van der Waals surface area contributed by atoms with Gasteiger partial charge in [0.15, 0.2) is 11.7 Å². The van der Waals surface area contributed by atoms with Crippen molar-refractivity contribution in [2.45, 2.75) is 33.1 Å². The highest BCUT2D eigenvalue weighted by Crippen LogP contribution is 2.24. The molecule has 1 heterocycles. The van der Waals surface area contributed by atoms with Crippen molar-refractivity contribution >= 4 is 5.91 Å². The first-order valence-corrected chi connectivity index (χ1v) is 8.20. The summed E-state index contributed by atoms with van der Waals surface area (Å²) >= 11 is 0. The van der Waals surface area contributed by atoms with E-state index in [0.29, 0.717) is 25.3 Å². The maximum atomic E-state index is 11.8. The van der Waals surface area contributed by atoms with Gasteiger partial charge in [-0.15, -0.1) is 0 Å². The van der Waals surface area contributed by atoms with Gasteiger partial charge in [-0.2, -0.15) is 0 Å². The lowest BCUT2D eigenvalue weighted by atomic mass is 10.1. The van der Waals surface area contributed by atoms with Crippen LogP contribution in [0.4, 0.5) is 0 Å². The first kappa shape index (κ1) is 17.2. The number of rotatable bonds is 9. The summed E-state index contributed by atoms with van der Waals surface area (Å²) in [6.07, 6.45) is 2.01. The Morgan fingerprint density at radius 2 is 1.96 bits per heavy atom. The van der Waals surface area contributed by atoms with Gasteiger partial charge in [-0.3, -0.25) is 4.79 Å². The molecule has 0 unspecified atom stereocenters. The molecule has 2 N–H and O–H groups in total. The fourth-order valence-corrected chi connectivity index (χ4v) is 2.32. The Labute approximate surface area is 137 Å². The zero-order chi connectivity index (χ0) is 16.5. The molecule has 0 spiro atoms. The predicted octanol–water partition coefficient (Wildman–Crippen LogP) is 2.70. The molecule has 23 heavy (non-hydrogen) atoms. The van der Waals surface area contributed by atoms with E-state index in [1.165, 1.54) is 0 Å². The molecule has 2 aromatic rings. The van der Waals surface area contributed by atoms with Crippen LogP contribution in [0, 0.1) is 6.92 Å². The topological polar surface area (TPSA) is 67.2 Å². The minimum Gasteiger partial charge on any atom is -0.440 e. The van der Waals surface area contributed by atoms with Crippen LogP contribution in [0.3, 0.4) is 0 Å². The standard InChI is InChI=1S/C18H25N3O2/c1-3-11-19-12-13-20-16(22)9-10-17-21-14(2)18(23-17)15-7-5-4-6-8-15/h4-8,19H,3,9-13H2,1-2H3,(H,20,22). The van der Waals surface area contributed by atoms with Gasteiger partial charge in [-0.05, 0) is 19.9 Å². The zero-order valence-electron chi connectivity index (χ0n) is 13.9. The van der Waals surface area contributed by atoms with Crippen molar-refractivity contribution in [1.82, 2.24) is 15.6 Å². The van der Waals surface area contributed by atoms with E-state index >= 15 is 0 Å². The molecule has 5 nitrogen and oxygen atoms in total. The van der Waals surface area contributed by atoms with Gasteiger partial charge in [0.05, 0.1) is 5.69 Å². The van der Waals surface area contributed by atoms with Gasteiger partial charge in [-0.25, -0.2) is 4.98 Å². The third-order valence-electron chi connectivity index (χ3n) is 3.49. The van der Waals surface area contributed by atoms with E-state index < -0.39 is 0 Å². The lowest BCUT2D eigenvalue weighted by molar-refractivity contribution is -0.121. The second kappa shape index (κ2) is 9.10. The van der Waals surface area contributed by atoms with Gasteiger partial charge in [0.2, 0.25) is 5.91 Å². The van der Waals surface area contributed by atoms with Crippen molar-refractivity contribution in [2.24, 2.45) is 0 Å². The third-order valence-corrected chi connectivity index (χ3v) is 3.49. The average molecular weight is 315 g/mol. The highest BCUT2D eigenvalue weighted by atomic mass is 16.4. The summed E-state index contributed by atoms with van der Waals surface area (Å²) in [6.45, 7) is 6.48. The number of hydrogen-bond acceptors (Lipinski definition) is 4. The molecule has 0 atom stereocenters. The molecule has 0 saturated heterocycles. The van der Waals surface area contributed by atoms with E-state index in [2.05, 4.69) is 22.5 Å². The fourth-order valence-electron chi connectivity index (χ4n) is 2.32. The lowest BCUT2D eigenvalue weighted by Gasteiger charge is -2.05. The van der Waals surface area contributed by atoms with E-state index in [1.807, 2.05) is 37.3 Å². The summed E-state index contributed by atoms with van der Waals surface area (Å²) in [5, 5.41) is 6.14. The molecule has 1 amide bonds. The third kappa shape index (κ3) is 5.53. The molecule has 1 aromatic heterocycles. The van der Waals surface area contributed by atoms with Crippen molar-refractivity contribution in [3.05, 3.63) is 41.9 Å². The predicted molar refractivity (Wildman–Crippen MR) is 91.2 cm³/mol. The monoisotopic (exact) mass is 315 g/mol. The van der Waals surface area contributed by atoms with E-state index in [-0.39, 0.29) is 5.91 Å². The van der Waals surface area contributed by atoms with Crippen LogP contribution in [0.2, 0.25) is 0 Å². The fraction of sp³-hybridized carbons (Fsp3) is 0.444. The number of hydrogen-bond donors (Lipinski definition) is 2. The van der Waals surface area contributed by atoms with Gasteiger partial charge in [-0.1, -0.05) is 37.3 Å². The Morgan fingerprint density at radius 1 is 1.17 bits per heavy atom. The highest BCUT2D eigenvalue weighted by Gasteiger charge is 2.12. The van der Waals surface area contributed by atoms with Crippen LogP contribution in [0.1, 0.15) is 31.4 Å². The number of oxazole rings is 1. The summed E-state index contributed by atoms with van der Waals surface area (Å²) in [7, 11) is 0. The smallest absolute Gasteiger partial charge is 0.220 e. The maximum absolute atomic E-state index is 11.8. The number of aromatic nitrogens is 1. The molecule has 0 aliphatic rings. The second-order valence-electron chi connectivity index (χ2n) is 5.49. The van der Waals surface area contributed by atoms with Crippen molar-refractivity contribution in [1.29, 1.82) is 0 Å². The maximum Gasteiger partial charge on any atom is 0.220 e. The average Bonchev–Trinajstić information content (AvgIpc) is 2.94. The largest absolute Gasteiger partial charge is 0.440 e. The summed E-state index contributed by atoms with van der Waals surface area (Å²) in [5.74, 6) is 1.42. The molecule has 5 heteroatoms. The molecule has 2 rings (SSSR count). The van der Waals surface area contributed by atoms with E-state index in [0.717, 1.165) is 36.5 Å². The van der Waals surface area contributed by atoms with Gasteiger partial charge in [0.1, 0.15) is 0 Å². The number of benzene rings is 1. The van der Waals surface area contributed by atoms with Crippen LogP contribution in [0.25, 0.3) is 11.3 Å². The van der Waals surface area contributed by atoms with Gasteiger partial charge < -0.3 is 15.1 Å². The Hall–Kier alpha value is -2.14. The minimum atomic E-state index is 0.0282. The quantitative estimate of drug-likeness (QED) is 0.698. The second-order valence-corrected chi connectivity index (χ2v) is 5.49. The zero-order valence-corrected chi connectivity index (χ0v) is 13.9. The normalized spacial score (nSPS) is 10.7. The molecule has 0 saturated carbocycles. The molecule has 124 valence electrons. The number of carbonyl (C=O) groups is 1. The van der Waals surface area contributed by atoms with Crippen molar-refractivity contribution in [3.8, 4) is 11.3 Å². The number of amides is 1. The Balaban J connectivity index is 1.79. The van der Waals surface area contributed by atoms with Gasteiger partial charge in [0, 0.05) is 31.5 Å². The molecule has 1 aromatic carbocycles. The summed E-state index contributed by atoms with van der Waals surface area (Å²) < 4.78 is 5.81. The lowest BCUT2D eigenvalue weighted by Crippen LogP contribution is -2.32. The molecule has 0 radical (unpaired) electrons. The summed E-state index contributed by atoms with van der Waals surface area (Å²) in [4.78, 5) is 16.2. The van der Waals surface area contributed by atoms with Crippen LogP contribution in [0.5, 0.6) is 0 Å². The Morgan fingerprint density at radius 3 is 2.70 bits per heavy atom. The van der Waals surface area contributed by atoms with E-state index in [1.54, 1.807) is 0 Å².